The van der Waals surface area contributed by atoms with E-state index in [1.54, 1.807) is 0 Å². The maximum atomic E-state index is 6.19. The summed E-state index contributed by atoms with van der Waals surface area (Å²) >= 11 is 0. The Hall–Kier alpha value is -0.0800. The number of ether oxygens (including phenoxy) is 1. The lowest BCUT2D eigenvalue weighted by molar-refractivity contribution is -0.0668. The lowest BCUT2D eigenvalue weighted by atomic mass is 9.85. The van der Waals surface area contributed by atoms with E-state index in [1.165, 1.54) is 38.5 Å². The Morgan fingerprint density at radius 1 is 1.29 bits per heavy atom. The van der Waals surface area contributed by atoms with Crippen LogP contribution in [0.5, 0.6) is 0 Å². The van der Waals surface area contributed by atoms with Crippen molar-refractivity contribution < 1.29 is 4.74 Å². The Balaban J connectivity index is 1.90. The molecule has 2 unspecified atom stereocenters. The number of rotatable bonds is 3. The van der Waals surface area contributed by atoms with Crippen molar-refractivity contribution in [3.63, 3.8) is 0 Å². The van der Waals surface area contributed by atoms with E-state index < -0.39 is 0 Å². The highest BCUT2D eigenvalue weighted by Crippen LogP contribution is 2.44. The maximum Gasteiger partial charge on any atom is 0.0687 e. The molecule has 0 aromatic carbocycles. The van der Waals surface area contributed by atoms with Crippen LogP contribution < -0.4 is 5.73 Å². The quantitative estimate of drug-likeness (QED) is 0.754. The molecule has 0 aromatic heterocycles. The van der Waals surface area contributed by atoms with Gasteiger partial charge in [-0.3, -0.25) is 0 Å². The molecule has 1 saturated heterocycles. The van der Waals surface area contributed by atoms with Crippen LogP contribution in [0, 0.1) is 5.92 Å². The predicted octanol–water partition coefficient (Wildman–Crippen LogP) is 2.46. The first-order valence-electron chi connectivity index (χ1n) is 6.12. The van der Waals surface area contributed by atoms with Crippen LogP contribution in [0.2, 0.25) is 0 Å². The van der Waals surface area contributed by atoms with Gasteiger partial charge in [0.1, 0.15) is 0 Å². The topological polar surface area (TPSA) is 35.2 Å². The van der Waals surface area contributed by atoms with Crippen LogP contribution in [0.1, 0.15) is 51.9 Å². The van der Waals surface area contributed by atoms with E-state index in [2.05, 4.69) is 6.92 Å². The molecule has 2 heteroatoms. The Morgan fingerprint density at radius 3 is 2.64 bits per heavy atom. The lowest BCUT2D eigenvalue weighted by Crippen LogP contribution is -2.33. The summed E-state index contributed by atoms with van der Waals surface area (Å²) in [6.07, 6.45) is 9.55. The van der Waals surface area contributed by atoms with Gasteiger partial charge in [0.25, 0.3) is 0 Å². The number of hydrogen-bond donors (Lipinski definition) is 1. The molecule has 2 fully saturated rings. The third kappa shape index (κ3) is 1.96. The summed E-state index contributed by atoms with van der Waals surface area (Å²) < 4.78 is 6.19. The van der Waals surface area contributed by atoms with Crippen LogP contribution in [0.3, 0.4) is 0 Å². The highest BCUT2D eigenvalue weighted by Gasteiger charge is 2.42. The minimum atomic E-state index is 0.191. The van der Waals surface area contributed by atoms with Gasteiger partial charge in [0.05, 0.1) is 11.7 Å². The zero-order valence-corrected chi connectivity index (χ0v) is 9.30. The van der Waals surface area contributed by atoms with Crippen molar-refractivity contribution >= 4 is 0 Å². The first-order valence-corrected chi connectivity index (χ1v) is 6.12. The molecule has 0 spiro atoms. The van der Waals surface area contributed by atoms with Gasteiger partial charge in [0.15, 0.2) is 0 Å². The first kappa shape index (κ1) is 10.4. The van der Waals surface area contributed by atoms with E-state index in [-0.39, 0.29) is 5.60 Å². The molecule has 0 aromatic rings. The van der Waals surface area contributed by atoms with Gasteiger partial charge in [-0.2, -0.15) is 0 Å². The van der Waals surface area contributed by atoms with E-state index in [1.807, 2.05) is 0 Å². The van der Waals surface area contributed by atoms with Gasteiger partial charge in [-0.15, -0.1) is 0 Å². The van der Waals surface area contributed by atoms with Crippen LogP contribution in [0.4, 0.5) is 0 Å². The summed E-state index contributed by atoms with van der Waals surface area (Å²) in [6.45, 7) is 3.09. The van der Waals surface area contributed by atoms with Crippen LogP contribution in [0.15, 0.2) is 0 Å². The molecule has 2 nitrogen and oxygen atoms in total. The van der Waals surface area contributed by atoms with Gasteiger partial charge >= 0.3 is 0 Å². The Kier molecular flexibility index (Phi) is 3.13. The van der Waals surface area contributed by atoms with Gasteiger partial charge in [0, 0.05) is 0 Å². The van der Waals surface area contributed by atoms with Crippen LogP contribution in [0.25, 0.3) is 0 Å². The smallest absolute Gasteiger partial charge is 0.0687 e. The molecule has 2 aliphatic rings. The third-order valence-corrected chi connectivity index (χ3v) is 4.11. The average Bonchev–Trinajstić information content (AvgIpc) is 2.75. The highest BCUT2D eigenvalue weighted by atomic mass is 16.5. The minimum Gasteiger partial charge on any atom is -0.372 e. The summed E-state index contributed by atoms with van der Waals surface area (Å²) in [5.41, 5.74) is 5.76. The monoisotopic (exact) mass is 197 g/mol. The van der Waals surface area contributed by atoms with Crippen molar-refractivity contribution in [2.45, 2.75) is 63.6 Å². The molecule has 14 heavy (non-hydrogen) atoms. The van der Waals surface area contributed by atoms with Crippen LogP contribution >= 0.6 is 0 Å². The molecule has 82 valence electrons. The van der Waals surface area contributed by atoms with Crippen molar-refractivity contribution in [1.29, 1.82) is 0 Å². The Bertz CT molecular complexity index is 189. The Morgan fingerprint density at radius 2 is 2.00 bits per heavy atom. The average molecular weight is 197 g/mol. The van der Waals surface area contributed by atoms with Crippen molar-refractivity contribution in [2.75, 3.05) is 6.54 Å². The summed E-state index contributed by atoms with van der Waals surface area (Å²) in [7, 11) is 0. The molecule has 1 heterocycles. The van der Waals surface area contributed by atoms with Crippen LogP contribution in [-0.2, 0) is 4.74 Å². The second kappa shape index (κ2) is 4.19. The molecule has 1 saturated carbocycles. The molecule has 0 bridgehead atoms. The van der Waals surface area contributed by atoms with Crippen molar-refractivity contribution in [2.24, 2.45) is 11.7 Å². The molecule has 1 aliphatic heterocycles. The summed E-state index contributed by atoms with van der Waals surface area (Å²) in [5.74, 6) is 0.824. The zero-order valence-electron chi connectivity index (χ0n) is 9.30. The molecular weight excluding hydrogens is 174 g/mol. The normalized spacial score (nSPS) is 39.4. The molecule has 0 amide bonds. The fourth-order valence-electron chi connectivity index (χ4n) is 3.17. The largest absolute Gasteiger partial charge is 0.372 e. The molecule has 2 N–H and O–H groups in total. The van der Waals surface area contributed by atoms with Crippen molar-refractivity contribution in [3.05, 3.63) is 0 Å². The van der Waals surface area contributed by atoms with Gasteiger partial charge in [-0.05, 0) is 51.5 Å². The van der Waals surface area contributed by atoms with Gasteiger partial charge in [0.2, 0.25) is 0 Å². The van der Waals surface area contributed by atoms with Gasteiger partial charge < -0.3 is 10.5 Å². The lowest BCUT2D eigenvalue weighted by Gasteiger charge is -2.31. The molecule has 2 rings (SSSR count). The summed E-state index contributed by atoms with van der Waals surface area (Å²) in [4.78, 5) is 0. The standard InChI is InChI=1S/C12H23NO/c1-12(10-4-2-3-5-10)8-6-11(14-12)7-9-13/h10-11H,2-9,13H2,1H3. The molecule has 1 aliphatic carbocycles. The maximum absolute atomic E-state index is 6.19. The van der Waals surface area contributed by atoms with Gasteiger partial charge in [-0.1, -0.05) is 12.8 Å². The van der Waals surface area contributed by atoms with E-state index in [9.17, 15) is 0 Å². The molecular formula is C12H23NO. The van der Waals surface area contributed by atoms with Gasteiger partial charge in [-0.25, -0.2) is 0 Å². The predicted molar refractivity (Wildman–Crippen MR) is 58.1 cm³/mol. The van der Waals surface area contributed by atoms with Crippen molar-refractivity contribution in [1.82, 2.24) is 0 Å². The number of nitrogens with two attached hydrogens (primary N) is 1. The van der Waals surface area contributed by atoms with Crippen LogP contribution in [-0.4, -0.2) is 18.2 Å². The highest BCUT2D eigenvalue weighted by molar-refractivity contribution is 4.92. The minimum absolute atomic E-state index is 0.191. The van der Waals surface area contributed by atoms with E-state index in [0.29, 0.717) is 6.10 Å². The zero-order chi connectivity index (χ0) is 10.0. The second-order valence-corrected chi connectivity index (χ2v) is 5.15. The fourth-order valence-corrected chi connectivity index (χ4v) is 3.17. The van der Waals surface area contributed by atoms with E-state index in [0.717, 1.165) is 18.9 Å². The van der Waals surface area contributed by atoms with Crippen molar-refractivity contribution in [3.8, 4) is 0 Å². The molecule has 0 radical (unpaired) electrons. The summed E-state index contributed by atoms with van der Waals surface area (Å²) in [6, 6.07) is 0. The van der Waals surface area contributed by atoms with E-state index >= 15 is 0 Å². The summed E-state index contributed by atoms with van der Waals surface area (Å²) in [5, 5.41) is 0. The second-order valence-electron chi connectivity index (χ2n) is 5.15. The fraction of sp³-hybridized carbons (Fsp3) is 1.00. The third-order valence-electron chi connectivity index (χ3n) is 4.11. The Labute approximate surface area is 87.2 Å². The van der Waals surface area contributed by atoms with E-state index in [4.69, 9.17) is 10.5 Å². The number of hydrogen-bond acceptors (Lipinski definition) is 2. The molecule has 2 atom stereocenters. The SMILES string of the molecule is CC1(C2CCCC2)CCC(CCN)O1. The first-order chi connectivity index (χ1) is 6.74.